The van der Waals surface area contributed by atoms with E-state index in [2.05, 4.69) is 5.32 Å². The van der Waals surface area contributed by atoms with Crippen LogP contribution in [0.3, 0.4) is 0 Å². The standard InChI is InChI=1S/C10H15NO/c1-8(12)10(11-2)9-6-4-3-5-7-9/h3-8,10-12H,1-2H3/t8?,10-/m1/s1. The van der Waals surface area contributed by atoms with E-state index >= 15 is 0 Å². The molecule has 0 spiro atoms. The molecule has 66 valence electrons. The smallest absolute Gasteiger partial charge is 0.0706 e. The van der Waals surface area contributed by atoms with Gasteiger partial charge in [-0.15, -0.1) is 0 Å². The molecule has 1 aromatic rings. The van der Waals surface area contributed by atoms with Crippen LogP contribution in [0.15, 0.2) is 30.3 Å². The minimum atomic E-state index is -0.364. The van der Waals surface area contributed by atoms with Gasteiger partial charge in [0.2, 0.25) is 0 Å². The van der Waals surface area contributed by atoms with Crippen LogP contribution in [0.2, 0.25) is 0 Å². The van der Waals surface area contributed by atoms with Gasteiger partial charge in [-0.1, -0.05) is 30.3 Å². The summed E-state index contributed by atoms with van der Waals surface area (Å²) < 4.78 is 0. The van der Waals surface area contributed by atoms with Crippen LogP contribution < -0.4 is 5.32 Å². The Bertz CT molecular complexity index is 221. The zero-order chi connectivity index (χ0) is 8.97. The number of hydrogen-bond donors (Lipinski definition) is 2. The number of aliphatic hydroxyl groups is 1. The van der Waals surface area contributed by atoms with Crippen LogP contribution in [0, 0.1) is 0 Å². The molecule has 1 unspecified atom stereocenters. The molecule has 0 fully saturated rings. The maximum absolute atomic E-state index is 9.40. The van der Waals surface area contributed by atoms with Gasteiger partial charge in [-0.25, -0.2) is 0 Å². The summed E-state index contributed by atoms with van der Waals surface area (Å²) in [6.45, 7) is 1.79. The lowest BCUT2D eigenvalue weighted by Gasteiger charge is -2.19. The Morgan fingerprint density at radius 3 is 2.25 bits per heavy atom. The van der Waals surface area contributed by atoms with Gasteiger partial charge < -0.3 is 10.4 Å². The Hall–Kier alpha value is -0.860. The second kappa shape index (κ2) is 4.24. The molecule has 0 amide bonds. The summed E-state index contributed by atoms with van der Waals surface area (Å²) in [5.74, 6) is 0. The predicted molar refractivity (Wildman–Crippen MR) is 49.9 cm³/mol. The number of hydrogen-bond acceptors (Lipinski definition) is 2. The van der Waals surface area contributed by atoms with E-state index in [0.29, 0.717) is 0 Å². The van der Waals surface area contributed by atoms with Crippen molar-refractivity contribution in [3.8, 4) is 0 Å². The summed E-state index contributed by atoms with van der Waals surface area (Å²) in [6.07, 6.45) is -0.364. The fourth-order valence-electron chi connectivity index (χ4n) is 1.35. The third-order valence-electron chi connectivity index (χ3n) is 1.95. The highest BCUT2D eigenvalue weighted by Crippen LogP contribution is 2.15. The molecule has 1 aromatic carbocycles. The van der Waals surface area contributed by atoms with E-state index in [9.17, 15) is 5.11 Å². The van der Waals surface area contributed by atoms with Gasteiger partial charge in [0.15, 0.2) is 0 Å². The molecule has 0 aliphatic heterocycles. The zero-order valence-corrected chi connectivity index (χ0v) is 7.49. The van der Waals surface area contributed by atoms with Crippen molar-refractivity contribution >= 4 is 0 Å². The average molecular weight is 165 g/mol. The van der Waals surface area contributed by atoms with Crippen LogP contribution in [-0.4, -0.2) is 18.3 Å². The van der Waals surface area contributed by atoms with Crippen molar-refractivity contribution < 1.29 is 5.11 Å². The van der Waals surface area contributed by atoms with E-state index < -0.39 is 0 Å². The molecule has 0 aromatic heterocycles. The summed E-state index contributed by atoms with van der Waals surface area (Å²) in [7, 11) is 1.85. The van der Waals surface area contributed by atoms with Gasteiger partial charge >= 0.3 is 0 Å². The van der Waals surface area contributed by atoms with Gasteiger partial charge in [0.25, 0.3) is 0 Å². The third kappa shape index (κ3) is 2.06. The van der Waals surface area contributed by atoms with Crippen molar-refractivity contribution in [2.75, 3.05) is 7.05 Å². The SMILES string of the molecule is CN[C@@H](c1ccccc1)C(C)O. The van der Waals surface area contributed by atoms with Gasteiger partial charge in [-0.2, -0.15) is 0 Å². The van der Waals surface area contributed by atoms with E-state index in [0.717, 1.165) is 5.56 Å². The Labute approximate surface area is 73.2 Å². The van der Waals surface area contributed by atoms with Gasteiger partial charge in [-0.3, -0.25) is 0 Å². The number of aliphatic hydroxyl groups excluding tert-OH is 1. The number of likely N-dealkylation sites (N-methyl/N-ethyl adjacent to an activating group) is 1. The maximum Gasteiger partial charge on any atom is 0.0706 e. The third-order valence-corrected chi connectivity index (χ3v) is 1.95. The van der Waals surface area contributed by atoms with Crippen LogP contribution in [0.5, 0.6) is 0 Å². The lowest BCUT2D eigenvalue weighted by atomic mass is 10.0. The number of nitrogens with one attached hydrogen (secondary N) is 1. The minimum Gasteiger partial charge on any atom is -0.391 e. The van der Waals surface area contributed by atoms with Crippen molar-refractivity contribution in [3.05, 3.63) is 35.9 Å². The highest BCUT2D eigenvalue weighted by molar-refractivity contribution is 5.19. The molecule has 12 heavy (non-hydrogen) atoms. The topological polar surface area (TPSA) is 32.3 Å². The lowest BCUT2D eigenvalue weighted by Crippen LogP contribution is -2.26. The number of benzene rings is 1. The van der Waals surface area contributed by atoms with Crippen LogP contribution in [0.1, 0.15) is 18.5 Å². The highest BCUT2D eigenvalue weighted by Gasteiger charge is 2.13. The second-order valence-electron chi connectivity index (χ2n) is 2.92. The zero-order valence-electron chi connectivity index (χ0n) is 7.49. The van der Waals surface area contributed by atoms with Crippen LogP contribution in [0.4, 0.5) is 0 Å². The quantitative estimate of drug-likeness (QED) is 0.708. The lowest BCUT2D eigenvalue weighted by molar-refractivity contribution is 0.150. The Morgan fingerprint density at radius 1 is 1.25 bits per heavy atom. The summed E-state index contributed by atoms with van der Waals surface area (Å²) in [5.41, 5.74) is 1.12. The second-order valence-corrected chi connectivity index (χ2v) is 2.92. The Kier molecular flexibility index (Phi) is 3.26. The number of rotatable bonds is 3. The first-order valence-electron chi connectivity index (χ1n) is 4.16. The van der Waals surface area contributed by atoms with Crippen LogP contribution in [0.25, 0.3) is 0 Å². The summed E-state index contributed by atoms with van der Waals surface area (Å²) in [4.78, 5) is 0. The largest absolute Gasteiger partial charge is 0.391 e. The monoisotopic (exact) mass is 165 g/mol. The van der Waals surface area contributed by atoms with E-state index in [4.69, 9.17) is 0 Å². The fraction of sp³-hybridized carbons (Fsp3) is 0.400. The molecular weight excluding hydrogens is 150 g/mol. The first kappa shape index (κ1) is 9.23. The summed E-state index contributed by atoms with van der Waals surface area (Å²) >= 11 is 0. The average Bonchev–Trinajstić information content (AvgIpc) is 2.07. The molecule has 0 saturated carbocycles. The Balaban J connectivity index is 2.80. The van der Waals surface area contributed by atoms with Crippen molar-refractivity contribution in [1.82, 2.24) is 5.32 Å². The van der Waals surface area contributed by atoms with Crippen LogP contribution in [-0.2, 0) is 0 Å². The molecule has 2 N–H and O–H groups in total. The maximum atomic E-state index is 9.40. The molecule has 2 atom stereocenters. The van der Waals surface area contributed by atoms with E-state index in [1.54, 1.807) is 6.92 Å². The normalized spacial score (nSPS) is 15.6. The van der Waals surface area contributed by atoms with Gasteiger partial charge in [-0.05, 0) is 19.5 Å². The van der Waals surface area contributed by atoms with Crippen molar-refractivity contribution in [1.29, 1.82) is 0 Å². The van der Waals surface area contributed by atoms with Gasteiger partial charge in [0, 0.05) is 0 Å². The molecule has 0 saturated heterocycles. The summed E-state index contributed by atoms with van der Waals surface area (Å²) in [5, 5.41) is 12.5. The van der Waals surface area contributed by atoms with Crippen molar-refractivity contribution in [2.24, 2.45) is 0 Å². The molecular formula is C10H15NO. The van der Waals surface area contributed by atoms with E-state index in [-0.39, 0.29) is 12.1 Å². The van der Waals surface area contributed by atoms with E-state index in [1.165, 1.54) is 0 Å². The molecule has 0 aliphatic rings. The molecule has 2 heteroatoms. The van der Waals surface area contributed by atoms with E-state index in [1.807, 2.05) is 37.4 Å². The first-order chi connectivity index (χ1) is 5.75. The van der Waals surface area contributed by atoms with Crippen molar-refractivity contribution in [3.63, 3.8) is 0 Å². The molecule has 0 bridgehead atoms. The highest BCUT2D eigenvalue weighted by atomic mass is 16.3. The molecule has 0 heterocycles. The predicted octanol–water partition coefficient (Wildman–Crippen LogP) is 1.33. The van der Waals surface area contributed by atoms with Crippen molar-refractivity contribution in [2.45, 2.75) is 19.1 Å². The van der Waals surface area contributed by atoms with Gasteiger partial charge in [0.1, 0.15) is 0 Å². The minimum absolute atomic E-state index is 0.0335. The molecule has 0 radical (unpaired) electrons. The first-order valence-corrected chi connectivity index (χ1v) is 4.16. The van der Waals surface area contributed by atoms with Crippen LogP contribution >= 0.6 is 0 Å². The summed E-state index contributed by atoms with van der Waals surface area (Å²) in [6, 6.07) is 9.97. The fourth-order valence-corrected chi connectivity index (χ4v) is 1.35. The molecule has 1 rings (SSSR count). The molecule has 2 nitrogen and oxygen atoms in total. The van der Waals surface area contributed by atoms with Gasteiger partial charge in [0.05, 0.1) is 12.1 Å². The molecule has 0 aliphatic carbocycles. The Morgan fingerprint density at radius 2 is 1.83 bits per heavy atom.